The lowest BCUT2D eigenvalue weighted by atomic mass is 9.77. The molecule has 5 rings (SSSR count). The average molecular weight is 404 g/mol. The number of esters is 2. The number of fused-ring (bicyclic) bond motifs is 6. The lowest BCUT2D eigenvalue weighted by Crippen LogP contribution is -2.32. The minimum absolute atomic E-state index is 0.0171. The second-order valence-electron chi connectivity index (χ2n) is 7.13. The fraction of sp³-hybridized carbons (Fsp3) is 0.130. The van der Waals surface area contributed by atoms with E-state index in [0.29, 0.717) is 39.3 Å². The van der Waals surface area contributed by atoms with Crippen LogP contribution in [0.5, 0.6) is 23.0 Å². The van der Waals surface area contributed by atoms with Crippen LogP contribution in [0.15, 0.2) is 54.6 Å². The number of phenolic OH excluding ortho intramolecular Hbond substituents is 2. The Kier molecular flexibility index (Phi) is 3.76. The Morgan fingerprint density at radius 1 is 0.967 bits per heavy atom. The molecule has 0 aromatic heterocycles. The molecule has 0 unspecified atom stereocenters. The summed E-state index contributed by atoms with van der Waals surface area (Å²) in [6, 6.07) is 14.3. The molecule has 7 heteroatoms. The van der Waals surface area contributed by atoms with E-state index < -0.39 is 17.5 Å². The van der Waals surface area contributed by atoms with Gasteiger partial charge in [-0.2, -0.15) is 0 Å². The maximum absolute atomic E-state index is 13.1. The monoisotopic (exact) mass is 404 g/mol. The molecule has 150 valence electrons. The van der Waals surface area contributed by atoms with E-state index in [1.165, 1.54) is 31.4 Å². The van der Waals surface area contributed by atoms with Crippen LogP contribution in [0.4, 0.5) is 0 Å². The predicted octanol–water partition coefficient (Wildman–Crippen LogP) is 3.38. The minimum atomic E-state index is -1.34. The van der Waals surface area contributed by atoms with E-state index in [0.717, 1.165) is 0 Å². The van der Waals surface area contributed by atoms with E-state index in [1.54, 1.807) is 30.3 Å². The molecule has 2 heterocycles. The van der Waals surface area contributed by atoms with Gasteiger partial charge in [0.1, 0.15) is 23.0 Å². The second kappa shape index (κ2) is 6.25. The van der Waals surface area contributed by atoms with Gasteiger partial charge < -0.3 is 24.4 Å². The number of benzene rings is 3. The van der Waals surface area contributed by atoms with Crippen molar-refractivity contribution in [1.29, 1.82) is 0 Å². The molecule has 3 aromatic rings. The van der Waals surface area contributed by atoms with E-state index in [4.69, 9.17) is 14.2 Å². The summed E-state index contributed by atoms with van der Waals surface area (Å²) >= 11 is 0. The molecule has 3 aromatic carbocycles. The summed E-state index contributed by atoms with van der Waals surface area (Å²) in [6.07, 6.45) is -0.0772. The molecule has 0 bridgehead atoms. The highest BCUT2D eigenvalue weighted by Gasteiger charge is 2.54. The first kappa shape index (κ1) is 18.1. The normalized spacial score (nSPS) is 14.9. The number of methoxy groups -OCH3 is 1. The second-order valence-corrected chi connectivity index (χ2v) is 7.13. The van der Waals surface area contributed by atoms with Crippen LogP contribution >= 0.6 is 0 Å². The zero-order valence-electron chi connectivity index (χ0n) is 15.8. The Hall–Kier alpha value is -4.00. The summed E-state index contributed by atoms with van der Waals surface area (Å²) in [5, 5.41) is 19.9. The van der Waals surface area contributed by atoms with Crippen LogP contribution in [-0.2, 0) is 26.3 Å². The fourth-order valence-electron chi connectivity index (χ4n) is 4.19. The molecule has 30 heavy (non-hydrogen) atoms. The third-order valence-electron chi connectivity index (χ3n) is 5.45. The van der Waals surface area contributed by atoms with Crippen LogP contribution in [0.1, 0.15) is 32.6 Å². The number of ether oxygens (including phenoxy) is 3. The summed E-state index contributed by atoms with van der Waals surface area (Å²) in [4.78, 5) is 24.9. The smallest absolute Gasteiger partial charge is 0.340 e. The largest absolute Gasteiger partial charge is 0.508 e. The van der Waals surface area contributed by atoms with E-state index in [-0.39, 0.29) is 17.9 Å². The Balaban J connectivity index is 1.82. The number of hydrogen-bond acceptors (Lipinski definition) is 7. The third kappa shape index (κ3) is 2.38. The maximum atomic E-state index is 13.1. The summed E-state index contributed by atoms with van der Waals surface area (Å²) < 4.78 is 16.7. The Bertz CT molecular complexity index is 1180. The van der Waals surface area contributed by atoms with Crippen molar-refractivity contribution in [3.63, 3.8) is 0 Å². The highest BCUT2D eigenvalue weighted by molar-refractivity contribution is 5.99. The molecular formula is C23H16O7. The molecule has 1 spiro atoms. The molecular weight excluding hydrogens is 388 g/mol. The quantitative estimate of drug-likeness (QED) is 0.631. The summed E-state index contributed by atoms with van der Waals surface area (Å²) in [7, 11) is 1.29. The van der Waals surface area contributed by atoms with Crippen LogP contribution in [-0.4, -0.2) is 29.3 Å². The van der Waals surface area contributed by atoms with Crippen molar-refractivity contribution in [2.75, 3.05) is 7.11 Å². The molecule has 0 saturated heterocycles. The topological polar surface area (TPSA) is 102 Å². The SMILES string of the molecule is COC(=O)Cc1cccc2c1C(=O)OC21c2ccc(O)cc2Oc2cc(O)ccc21. The van der Waals surface area contributed by atoms with E-state index in [2.05, 4.69) is 0 Å². The fourth-order valence-corrected chi connectivity index (χ4v) is 4.19. The van der Waals surface area contributed by atoms with Crippen LogP contribution in [0, 0.1) is 0 Å². The van der Waals surface area contributed by atoms with Gasteiger partial charge in [0.25, 0.3) is 0 Å². The Morgan fingerprint density at radius 3 is 2.20 bits per heavy atom. The molecule has 7 nitrogen and oxygen atoms in total. The van der Waals surface area contributed by atoms with Crippen LogP contribution in [0.2, 0.25) is 0 Å². The summed E-state index contributed by atoms with van der Waals surface area (Å²) in [5.41, 5.74) is 1.05. The minimum Gasteiger partial charge on any atom is -0.508 e. The van der Waals surface area contributed by atoms with Crippen molar-refractivity contribution in [3.8, 4) is 23.0 Å². The molecule has 0 aliphatic carbocycles. The van der Waals surface area contributed by atoms with Crippen LogP contribution in [0.25, 0.3) is 0 Å². The average Bonchev–Trinajstić information content (AvgIpc) is 3.01. The van der Waals surface area contributed by atoms with E-state index in [1.807, 2.05) is 0 Å². The molecule has 2 aliphatic rings. The molecule has 2 N–H and O–H groups in total. The standard InChI is InChI=1S/C23H16O7/c1-28-20(26)9-12-3-2-4-17-21(12)22(27)30-23(17)15-7-5-13(24)10-18(15)29-19-11-14(25)6-8-16(19)23/h2-8,10-11,24-25H,9H2,1H3. The maximum Gasteiger partial charge on any atom is 0.340 e. The first-order chi connectivity index (χ1) is 14.4. The van der Waals surface area contributed by atoms with Gasteiger partial charge in [0.15, 0.2) is 5.60 Å². The van der Waals surface area contributed by atoms with Gasteiger partial charge in [0.05, 0.1) is 19.1 Å². The third-order valence-corrected chi connectivity index (χ3v) is 5.45. The molecule has 0 saturated carbocycles. The van der Waals surface area contributed by atoms with Gasteiger partial charge in [-0.15, -0.1) is 0 Å². The molecule has 0 fully saturated rings. The van der Waals surface area contributed by atoms with Gasteiger partial charge in [0, 0.05) is 28.8 Å². The van der Waals surface area contributed by atoms with Crippen LogP contribution in [0.3, 0.4) is 0 Å². The lowest BCUT2D eigenvalue weighted by Gasteiger charge is -2.36. The zero-order valence-corrected chi connectivity index (χ0v) is 15.8. The molecule has 0 amide bonds. The van der Waals surface area contributed by atoms with Crippen molar-refractivity contribution < 1.29 is 34.0 Å². The molecule has 0 radical (unpaired) electrons. The van der Waals surface area contributed by atoms with Gasteiger partial charge in [0.2, 0.25) is 0 Å². The number of rotatable bonds is 2. The highest BCUT2D eigenvalue weighted by Crippen LogP contribution is 2.57. The van der Waals surface area contributed by atoms with E-state index in [9.17, 15) is 19.8 Å². The van der Waals surface area contributed by atoms with Crippen LogP contribution < -0.4 is 4.74 Å². The van der Waals surface area contributed by atoms with Crippen molar-refractivity contribution in [1.82, 2.24) is 0 Å². The number of hydrogen-bond donors (Lipinski definition) is 2. The van der Waals surface area contributed by atoms with Crippen molar-refractivity contribution in [3.05, 3.63) is 82.4 Å². The van der Waals surface area contributed by atoms with Gasteiger partial charge >= 0.3 is 11.9 Å². The number of phenols is 2. The molecule has 0 atom stereocenters. The molecule has 2 aliphatic heterocycles. The van der Waals surface area contributed by atoms with Gasteiger partial charge in [-0.05, 0) is 29.8 Å². The summed E-state index contributed by atoms with van der Waals surface area (Å²) in [6.45, 7) is 0. The van der Waals surface area contributed by atoms with Gasteiger partial charge in [-0.25, -0.2) is 4.79 Å². The Morgan fingerprint density at radius 2 is 1.60 bits per heavy atom. The van der Waals surface area contributed by atoms with E-state index >= 15 is 0 Å². The van der Waals surface area contributed by atoms with Crippen molar-refractivity contribution in [2.45, 2.75) is 12.0 Å². The summed E-state index contributed by atoms with van der Waals surface area (Å²) in [5.74, 6) is -0.489. The van der Waals surface area contributed by atoms with Gasteiger partial charge in [-0.1, -0.05) is 18.2 Å². The lowest BCUT2D eigenvalue weighted by molar-refractivity contribution is -0.139. The van der Waals surface area contributed by atoms with Crippen molar-refractivity contribution in [2.24, 2.45) is 0 Å². The highest BCUT2D eigenvalue weighted by atomic mass is 16.6. The van der Waals surface area contributed by atoms with Gasteiger partial charge in [-0.3, -0.25) is 4.79 Å². The number of aromatic hydroxyl groups is 2. The van der Waals surface area contributed by atoms with Crippen molar-refractivity contribution >= 4 is 11.9 Å². The number of carbonyl (C=O) groups is 2. The Labute approximate surface area is 171 Å². The first-order valence-electron chi connectivity index (χ1n) is 9.21. The number of carbonyl (C=O) groups excluding carboxylic acids is 2. The zero-order chi connectivity index (χ0) is 21.0. The predicted molar refractivity (Wildman–Crippen MR) is 104 cm³/mol. The first-order valence-corrected chi connectivity index (χ1v) is 9.21.